The number of piperidine rings is 1. The number of thioether (sulfide) groups is 1. The summed E-state index contributed by atoms with van der Waals surface area (Å²) in [5, 5.41) is 21.1. The molecule has 0 radical (unpaired) electrons. The lowest BCUT2D eigenvalue weighted by Gasteiger charge is -2.38. The van der Waals surface area contributed by atoms with Crippen molar-refractivity contribution in [1.29, 1.82) is 0 Å². The predicted molar refractivity (Wildman–Crippen MR) is 140 cm³/mol. The number of fused-ring (bicyclic) bond motifs is 1. The van der Waals surface area contributed by atoms with Gasteiger partial charge >= 0.3 is 5.97 Å². The van der Waals surface area contributed by atoms with Gasteiger partial charge in [-0.05, 0) is 68.0 Å². The highest BCUT2D eigenvalue weighted by Crippen LogP contribution is 2.36. The summed E-state index contributed by atoms with van der Waals surface area (Å²) in [6.45, 7) is 2.53. The number of carboxylic acids is 1. The maximum absolute atomic E-state index is 14.8. The average molecular weight is 513 g/mol. The van der Waals surface area contributed by atoms with Gasteiger partial charge in [0.1, 0.15) is 11.6 Å². The number of nitrogens with zero attached hydrogens (tertiary/aromatic N) is 2. The molecule has 0 bridgehead atoms. The van der Waals surface area contributed by atoms with Gasteiger partial charge in [0.15, 0.2) is 0 Å². The van der Waals surface area contributed by atoms with E-state index in [1.54, 1.807) is 37.1 Å². The van der Waals surface area contributed by atoms with E-state index < -0.39 is 17.9 Å². The van der Waals surface area contributed by atoms with Crippen LogP contribution in [0.2, 0.25) is 0 Å². The number of methoxy groups -OCH3 is 1. The van der Waals surface area contributed by atoms with Crippen LogP contribution in [0.15, 0.2) is 59.6 Å². The Labute approximate surface area is 215 Å². The topological polar surface area (TPSA) is 82.9 Å². The third-order valence-corrected chi connectivity index (χ3v) is 8.04. The second kappa shape index (κ2) is 12.5. The zero-order valence-corrected chi connectivity index (χ0v) is 21.3. The number of aromatic nitrogens is 1. The van der Waals surface area contributed by atoms with Crippen molar-refractivity contribution >= 4 is 28.6 Å². The molecule has 1 aliphatic heterocycles. The van der Waals surface area contributed by atoms with Crippen LogP contribution in [-0.4, -0.2) is 58.6 Å². The predicted octanol–water partition coefficient (Wildman–Crippen LogP) is 5.40. The zero-order chi connectivity index (χ0) is 25.5. The molecule has 2 heterocycles. The van der Waals surface area contributed by atoms with Crippen LogP contribution in [0.5, 0.6) is 5.75 Å². The number of benzene rings is 2. The van der Waals surface area contributed by atoms with Gasteiger partial charge in [-0.15, -0.1) is 11.8 Å². The van der Waals surface area contributed by atoms with Crippen molar-refractivity contribution in [2.24, 2.45) is 11.8 Å². The van der Waals surface area contributed by atoms with Gasteiger partial charge < -0.3 is 19.8 Å². The number of aliphatic hydroxyl groups is 1. The van der Waals surface area contributed by atoms with E-state index in [-0.39, 0.29) is 23.8 Å². The third-order valence-electron chi connectivity index (χ3n) is 7.04. The Morgan fingerprint density at radius 1 is 1.25 bits per heavy atom. The summed E-state index contributed by atoms with van der Waals surface area (Å²) in [5.74, 6) is 0.345. The summed E-state index contributed by atoms with van der Waals surface area (Å²) >= 11 is 1.81. The molecule has 1 fully saturated rings. The van der Waals surface area contributed by atoms with E-state index in [0.29, 0.717) is 29.5 Å². The first kappa shape index (κ1) is 26.4. The first-order chi connectivity index (χ1) is 17.4. The monoisotopic (exact) mass is 512 g/mol. The molecule has 1 saturated heterocycles. The maximum atomic E-state index is 14.8. The van der Waals surface area contributed by atoms with E-state index in [2.05, 4.69) is 22.0 Å². The second-order valence-electron chi connectivity index (χ2n) is 9.36. The number of pyridine rings is 1. The molecular formula is C28H33FN2O4S. The average Bonchev–Trinajstić information content (AvgIpc) is 2.88. The third kappa shape index (κ3) is 6.75. The van der Waals surface area contributed by atoms with E-state index in [1.165, 1.54) is 4.90 Å². The summed E-state index contributed by atoms with van der Waals surface area (Å²) in [6, 6.07) is 15.5. The molecule has 2 aromatic carbocycles. The SMILES string of the molecule is COc1ccc2ncc(F)c([C@H](O)CCC3CCN(CCSc4ccccc4)CC3CC(=O)O)c2c1. The van der Waals surface area contributed by atoms with Gasteiger partial charge in [0, 0.05) is 41.1 Å². The van der Waals surface area contributed by atoms with Gasteiger partial charge in [0.05, 0.1) is 24.9 Å². The van der Waals surface area contributed by atoms with Gasteiger partial charge in [-0.1, -0.05) is 18.2 Å². The number of ether oxygens (including phenoxy) is 1. The largest absolute Gasteiger partial charge is 0.497 e. The molecule has 1 aliphatic rings. The number of carboxylic acid groups (broad SMARTS) is 1. The normalized spacial score (nSPS) is 19.3. The number of hydrogen-bond acceptors (Lipinski definition) is 6. The van der Waals surface area contributed by atoms with Gasteiger partial charge in [-0.3, -0.25) is 9.78 Å². The van der Waals surface area contributed by atoms with Crippen molar-refractivity contribution in [1.82, 2.24) is 9.88 Å². The minimum absolute atomic E-state index is 0.00398. The molecule has 3 atom stereocenters. The lowest BCUT2D eigenvalue weighted by Crippen LogP contribution is -2.42. The van der Waals surface area contributed by atoms with Gasteiger partial charge in [0.2, 0.25) is 0 Å². The van der Waals surface area contributed by atoms with Crippen LogP contribution < -0.4 is 4.74 Å². The maximum Gasteiger partial charge on any atom is 0.303 e. The Bertz CT molecular complexity index is 1160. The second-order valence-corrected chi connectivity index (χ2v) is 10.5. The Morgan fingerprint density at radius 2 is 2.06 bits per heavy atom. The first-order valence-corrected chi connectivity index (χ1v) is 13.4. The van der Waals surface area contributed by atoms with E-state index >= 15 is 0 Å². The van der Waals surface area contributed by atoms with Crippen LogP contribution in [0, 0.1) is 17.7 Å². The number of halogens is 1. The summed E-state index contributed by atoms with van der Waals surface area (Å²) in [5.41, 5.74) is 0.820. The van der Waals surface area contributed by atoms with Crippen molar-refractivity contribution < 1.29 is 24.1 Å². The summed E-state index contributed by atoms with van der Waals surface area (Å²) in [6.07, 6.45) is 2.11. The molecule has 2 N–H and O–H groups in total. The fourth-order valence-electron chi connectivity index (χ4n) is 5.15. The summed E-state index contributed by atoms with van der Waals surface area (Å²) in [7, 11) is 1.54. The lowest BCUT2D eigenvalue weighted by atomic mass is 9.79. The van der Waals surface area contributed by atoms with Crippen LogP contribution in [0.1, 0.15) is 37.4 Å². The van der Waals surface area contributed by atoms with Crippen LogP contribution in [0.3, 0.4) is 0 Å². The number of rotatable bonds is 11. The smallest absolute Gasteiger partial charge is 0.303 e. The minimum atomic E-state index is -1.01. The molecule has 0 spiro atoms. The fourth-order valence-corrected chi connectivity index (χ4v) is 6.09. The number of hydrogen-bond donors (Lipinski definition) is 2. The van der Waals surface area contributed by atoms with Gasteiger partial charge in [0.25, 0.3) is 0 Å². The highest BCUT2D eigenvalue weighted by atomic mass is 32.2. The van der Waals surface area contributed by atoms with E-state index in [4.69, 9.17) is 4.74 Å². The zero-order valence-electron chi connectivity index (χ0n) is 20.5. The molecule has 0 aliphatic carbocycles. The minimum Gasteiger partial charge on any atom is -0.497 e. The van der Waals surface area contributed by atoms with Crippen LogP contribution in [0.4, 0.5) is 4.39 Å². The Kier molecular flexibility index (Phi) is 9.18. The van der Waals surface area contributed by atoms with Gasteiger partial charge in [-0.25, -0.2) is 4.39 Å². The molecule has 8 heteroatoms. The van der Waals surface area contributed by atoms with Crippen molar-refractivity contribution in [2.75, 3.05) is 32.5 Å². The van der Waals surface area contributed by atoms with Crippen LogP contribution in [-0.2, 0) is 4.79 Å². The standard InChI is InChI=1S/C28H33FN2O4S/c1-35-21-8-9-25-23(16-21)28(24(29)17-30-25)26(32)10-7-19-11-12-31(18-20(19)15-27(33)34)13-14-36-22-5-3-2-4-6-22/h2-6,8-9,16-17,19-20,26,32H,7,10-15,18H2,1H3,(H,33,34)/t19?,20?,26-/m1/s1. The molecule has 0 saturated carbocycles. The highest BCUT2D eigenvalue weighted by molar-refractivity contribution is 7.99. The molecule has 6 nitrogen and oxygen atoms in total. The highest BCUT2D eigenvalue weighted by Gasteiger charge is 2.31. The molecule has 36 heavy (non-hydrogen) atoms. The molecule has 1 aromatic heterocycles. The van der Waals surface area contributed by atoms with Crippen LogP contribution in [0.25, 0.3) is 10.9 Å². The fraction of sp³-hybridized carbons (Fsp3) is 0.429. The number of likely N-dealkylation sites (tertiary alicyclic amines) is 1. The Hall–Kier alpha value is -2.68. The van der Waals surface area contributed by atoms with Crippen LogP contribution >= 0.6 is 11.8 Å². The lowest BCUT2D eigenvalue weighted by molar-refractivity contribution is -0.139. The number of aliphatic carboxylic acids is 1. The Balaban J connectivity index is 1.38. The van der Waals surface area contributed by atoms with Gasteiger partial charge in [-0.2, -0.15) is 0 Å². The number of aliphatic hydroxyl groups excluding tert-OH is 1. The van der Waals surface area contributed by atoms with E-state index in [0.717, 1.165) is 38.0 Å². The molecular weight excluding hydrogens is 479 g/mol. The van der Waals surface area contributed by atoms with Crippen molar-refractivity contribution in [3.8, 4) is 5.75 Å². The van der Waals surface area contributed by atoms with E-state index in [1.807, 2.05) is 18.2 Å². The molecule has 3 aromatic rings. The molecule has 2 unspecified atom stereocenters. The van der Waals surface area contributed by atoms with Crippen molar-refractivity contribution in [3.05, 3.63) is 66.1 Å². The Morgan fingerprint density at radius 3 is 2.81 bits per heavy atom. The quantitative estimate of drug-likeness (QED) is 0.333. The summed E-state index contributed by atoms with van der Waals surface area (Å²) in [4.78, 5) is 19.3. The molecule has 192 valence electrons. The summed E-state index contributed by atoms with van der Waals surface area (Å²) < 4.78 is 20.0. The molecule has 4 rings (SSSR count). The van der Waals surface area contributed by atoms with Crippen molar-refractivity contribution in [3.63, 3.8) is 0 Å². The van der Waals surface area contributed by atoms with E-state index in [9.17, 15) is 19.4 Å². The molecule has 0 amide bonds. The van der Waals surface area contributed by atoms with Crippen molar-refractivity contribution in [2.45, 2.75) is 36.7 Å². The number of carbonyl (C=O) groups is 1. The first-order valence-electron chi connectivity index (χ1n) is 12.4.